The number of carbonyl (C=O) groups excluding carboxylic acids is 3. The van der Waals surface area contributed by atoms with Gasteiger partial charge in [-0.15, -0.1) is 0 Å². The van der Waals surface area contributed by atoms with E-state index in [-0.39, 0.29) is 21.1 Å². The predicted molar refractivity (Wildman–Crippen MR) is 162 cm³/mol. The Bertz CT molecular complexity index is 1390. The molecule has 0 atom stereocenters. The van der Waals surface area contributed by atoms with Crippen molar-refractivity contribution >= 4 is 37.4 Å². The third kappa shape index (κ3) is 16.2. The summed E-state index contributed by atoms with van der Waals surface area (Å²) >= 11 is 0. The van der Waals surface area contributed by atoms with Crippen molar-refractivity contribution in [2.75, 3.05) is 0 Å². The molecule has 0 radical (unpaired) electrons. The Morgan fingerprint density at radius 3 is 0.612 bits per heavy atom. The van der Waals surface area contributed by atoms with Crippen LogP contribution >= 0.6 is 0 Å². The van der Waals surface area contributed by atoms with Crippen LogP contribution in [0.1, 0.15) is 50.1 Å². The van der Waals surface area contributed by atoms with Crippen LogP contribution in [0.15, 0.2) is 36.4 Å². The van der Waals surface area contributed by atoms with E-state index in [1.54, 1.807) is 0 Å². The van der Waals surface area contributed by atoms with Crippen LogP contribution in [0, 0.1) is 61.3 Å². The van der Waals surface area contributed by atoms with Gasteiger partial charge in [-0.25, -0.2) is 14.5 Å². The zero-order valence-corrected chi connectivity index (χ0v) is 28.6. The summed E-state index contributed by atoms with van der Waals surface area (Å²) in [6.07, 6.45) is -13.0. The van der Waals surface area contributed by atoms with Gasteiger partial charge in [0.25, 0.3) is 0 Å². The molecule has 6 nitrogen and oxygen atoms in total. The smallest absolute Gasteiger partial charge is 0.416 e. The maximum Gasteiger partial charge on any atom is 0.416 e. The van der Waals surface area contributed by atoms with Gasteiger partial charge >= 0.3 is 18.5 Å². The van der Waals surface area contributed by atoms with Gasteiger partial charge in [-0.2, -0.15) is 39.5 Å². The molecule has 0 fully saturated rings. The molecule has 0 spiro atoms. The van der Waals surface area contributed by atoms with Crippen LogP contribution in [-0.2, 0) is 54.0 Å². The SMILES string of the molecule is [C-]#[N+]c1c(C)cc(C(F)(F)F)cc1C.[C-]#[N+]c1c(C)cc(C(F)(F)F)cc1C.[C-]#[N+]c1c(C)cc(C(F)(F)F)cc1C.[CH-]=O.[CH-]=O.[CH-]=O.[Mo]. The molecule has 0 heterocycles. The fourth-order valence-corrected chi connectivity index (χ4v) is 3.89. The van der Waals surface area contributed by atoms with E-state index in [1.807, 2.05) is 0 Å². The molecule has 3 rings (SSSR count). The van der Waals surface area contributed by atoms with Gasteiger partial charge < -0.3 is 14.4 Å². The summed E-state index contributed by atoms with van der Waals surface area (Å²) in [7, 11) is 0. The summed E-state index contributed by atoms with van der Waals surface area (Å²) in [6.45, 7) is 39.2. The Labute approximate surface area is 292 Å². The number of rotatable bonds is 0. The number of halogens is 9. The molecule has 0 saturated heterocycles. The first-order valence-corrected chi connectivity index (χ1v) is 12.5. The minimum atomic E-state index is -4.34. The summed E-state index contributed by atoms with van der Waals surface area (Å²) in [5.74, 6) is 0. The average Bonchev–Trinajstić information content (AvgIpc) is 2.99. The normalized spacial score (nSPS) is 9.80. The summed E-state index contributed by atoms with van der Waals surface area (Å²) in [6, 6.07) is 6.00. The van der Waals surface area contributed by atoms with E-state index in [4.69, 9.17) is 34.1 Å². The zero-order chi connectivity index (χ0) is 38.8. The first kappa shape index (κ1) is 51.0. The van der Waals surface area contributed by atoms with Crippen molar-refractivity contribution in [2.24, 2.45) is 0 Å². The summed E-state index contributed by atoms with van der Waals surface area (Å²) < 4.78 is 111. The van der Waals surface area contributed by atoms with Gasteiger partial charge in [0.1, 0.15) is 0 Å². The molecule has 0 N–H and O–H groups in total. The molecule has 0 aliphatic rings. The largest absolute Gasteiger partial charge is 0.545 e. The summed E-state index contributed by atoms with van der Waals surface area (Å²) in [5.41, 5.74) is 1.03. The van der Waals surface area contributed by atoms with Crippen LogP contribution in [0.2, 0.25) is 0 Å². The number of nitrogens with zero attached hydrogens (tertiary/aromatic N) is 3. The first-order chi connectivity index (χ1) is 22.1. The van der Waals surface area contributed by atoms with E-state index in [1.165, 1.54) is 41.5 Å². The van der Waals surface area contributed by atoms with Crippen molar-refractivity contribution < 1.29 is 75.0 Å². The number of alkyl halides is 9. The Balaban J connectivity index is -0.000000284. The maximum absolute atomic E-state index is 12.3. The van der Waals surface area contributed by atoms with Crippen LogP contribution in [0.25, 0.3) is 14.5 Å². The van der Waals surface area contributed by atoms with Crippen molar-refractivity contribution in [2.45, 2.75) is 60.1 Å². The number of hydrogen-bond donors (Lipinski definition) is 0. The molecule has 0 aromatic heterocycles. The van der Waals surface area contributed by atoms with E-state index in [2.05, 4.69) is 34.9 Å². The van der Waals surface area contributed by atoms with Crippen LogP contribution in [0.3, 0.4) is 0 Å². The Hall–Kier alpha value is -4.80. The van der Waals surface area contributed by atoms with Crippen molar-refractivity contribution in [1.29, 1.82) is 0 Å². The summed E-state index contributed by atoms with van der Waals surface area (Å²) in [5, 5.41) is 0. The second-order valence-electron chi connectivity index (χ2n) is 9.20. The molecule has 0 unspecified atom stereocenters. The fraction of sp³-hybridized carbons (Fsp3) is 0.273. The molecular formula is C33H27F9MoN3O3-3. The van der Waals surface area contributed by atoms with Gasteiger partial charge in [0.15, 0.2) is 17.1 Å². The number of aryl methyl sites for hydroxylation is 6. The molecule has 0 saturated carbocycles. The molecule has 3 aromatic carbocycles. The van der Waals surface area contributed by atoms with Crippen molar-refractivity contribution in [1.82, 2.24) is 0 Å². The molecule has 0 aliphatic heterocycles. The fourth-order valence-electron chi connectivity index (χ4n) is 3.89. The van der Waals surface area contributed by atoms with E-state index < -0.39 is 35.2 Å². The molecule has 16 heteroatoms. The quantitative estimate of drug-likeness (QED) is 0.0988. The van der Waals surface area contributed by atoms with Gasteiger partial charge in [0.2, 0.25) is 0 Å². The average molecular weight is 781 g/mol. The minimum absolute atomic E-state index is 0. The Morgan fingerprint density at radius 2 is 0.531 bits per heavy atom. The summed E-state index contributed by atoms with van der Waals surface area (Å²) in [4.78, 5) is 32.8. The van der Waals surface area contributed by atoms with E-state index in [9.17, 15) is 39.5 Å². The van der Waals surface area contributed by atoms with Crippen LogP contribution in [0.4, 0.5) is 56.6 Å². The van der Waals surface area contributed by atoms with Crippen LogP contribution in [0.5, 0.6) is 0 Å². The zero-order valence-electron chi connectivity index (χ0n) is 26.6. The Morgan fingerprint density at radius 1 is 0.408 bits per heavy atom. The van der Waals surface area contributed by atoms with Gasteiger partial charge in [-0.05, 0) is 74.9 Å². The van der Waals surface area contributed by atoms with Gasteiger partial charge in [-0.1, -0.05) is 36.4 Å². The van der Waals surface area contributed by atoms with E-state index in [0.717, 1.165) is 36.4 Å². The van der Waals surface area contributed by atoms with E-state index in [0.29, 0.717) is 50.4 Å². The predicted octanol–water partition coefficient (Wildman–Crippen LogP) is 10.8. The molecular weight excluding hydrogens is 753 g/mol. The van der Waals surface area contributed by atoms with Gasteiger partial charge in [0, 0.05) is 21.1 Å². The molecule has 0 bridgehead atoms. The van der Waals surface area contributed by atoms with Gasteiger partial charge in [0.05, 0.1) is 36.4 Å². The number of hydrogen-bond acceptors (Lipinski definition) is 3. The second kappa shape index (κ2) is 22.7. The third-order valence-electron chi connectivity index (χ3n) is 5.79. The van der Waals surface area contributed by atoms with Crippen molar-refractivity contribution in [3.8, 4) is 0 Å². The molecule has 264 valence electrons. The monoisotopic (exact) mass is 782 g/mol. The third-order valence-corrected chi connectivity index (χ3v) is 5.79. The maximum atomic E-state index is 12.3. The van der Waals surface area contributed by atoms with Crippen LogP contribution < -0.4 is 0 Å². The molecule has 0 amide bonds. The van der Waals surface area contributed by atoms with Crippen molar-refractivity contribution in [3.63, 3.8) is 0 Å². The molecule has 0 aliphatic carbocycles. The standard InChI is InChI=1S/3C10H8F3N.3CHO.Mo/c3*1-6-4-8(10(11,12)13)5-7(2)9(6)14-3;3*1-2;/h3*4-5H,1-2H3;3*1H;/q;;;3*-1;. The molecule has 3 aromatic rings. The number of benzene rings is 3. The van der Waals surface area contributed by atoms with Crippen LogP contribution in [-0.4, -0.2) is 20.4 Å². The molecule has 49 heavy (non-hydrogen) atoms. The first-order valence-electron chi connectivity index (χ1n) is 12.5. The van der Waals surface area contributed by atoms with Crippen molar-refractivity contribution in [3.05, 3.63) is 121 Å². The minimum Gasteiger partial charge on any atom is -0.545 e. The topological polar surface area (TPSA) is 64.3 Å². The second-order valence-corrected chi connectivity index (χ2v) is 9.20. The Kier molecular flexibility index (Phi) is 23.7. The van der Waals surface area contributed by atoms with E-state index >= 15 is 0 Å². The van der Waals surface area contributed by atoms with Gasteiger partial charge in [-0.3, -0.25) is 20.4 Å².